The van der Waals surface area contributed by atoms with E-state index in [1.54, 1.807) is 23.0 Å². The zero-order valence-electron chi connectivity index (χ0n) is 14.7. The summed E-state index contributed by atoms with van der Waals surface area (Å²) in [6.45, 7) is 2.93. The number of likely N-dealkylation sites (tertiary alicyclic amines) is 1. The summed E-state index contributed by atoms with van der Waals surface area (Å²) in [7, 11) is 0. The number of carbonyl (C=O) groups excluding carboxylic acids is 3. The Morgan fingerprint density at radius 2 is 2.19 bits per heavy atom. The number of ketones is 1. The van der Waals surface area contributed by atoms with Crippen molar-refractivity contribution in [2.75, 3.05) is 13.1 Å². The average Bonchev–Trinajstić information content (AvgIpc) is 3.24. The van der Waals surface area contributed by atoms with Crippen LogP contribution in [0.2, 0.25) is 0 Å². The Hall–Kier alpha value is -2.48. The number of hydrogen-bond donors (Lipinski definition) is 1. The molecule has 0 spiro atoms. The van der Waals surface area contributed by atoms with Crippen molar-refractivity contribution in [2.45, 2.75) is 38.6 Å². The minimum Gasteiger partial charge on any atom is -0.368 e. The van der Waals surface area contributed by atoms with Gasteiger partial charge in [0.1, 0.15) is 12.4 Å². The molecule has 8 heteroatoms. The summed E-state index contributed by atoms with van der Waals surface area (Å²) in [5.41, 5.74) is 6.17. The number of rotatable bonds is 6. The Balaban J connectivity index is 1.66. The molecule has 0 saturated carbocycles. The van der Waals surface area contributed by atoms with Crippen LogP contribution < -0.4 is 5.73 Å². The highest BCUT2D eigenvalue weighted by molar-refractivity contribution is 7.12. The number of aromatic nitrogens is 2. The minimum atomic E-state index is -0.410. The van der Waals surface area contributed by atoms with Crippen LogP contribution in [0.15, 0.2) is 23.8 Å². The second kappa shape index (κ2) is 7.82. The molecule has 1 aliphatic heterocycles. The Kier molecular flexibility index (Phi) is 5.51. The molecule has 26 heavy (non-hydrogen) atoms. The number of nitrogens with zero attached hydrogens (tertiary/aromatic N) is 3. The summed E-state index contributed by atoms with van der Waals surface area (Å²) >= 11 is 1.38. The van der Waals surface area contributed by atoms with Crippen molar-refractivity contribution in [1.82, 2.24) is 14.5 Å². The van der Waals surface area contributed by atoms with Crippen molar-refractivity contribution < 1.29 is 14.4 Å². The summed E-state index contributed by atoms with van der Waals surface area (Å²) < 4.78 is 1.76. The average molecular weight is 374 g/mol. The molecular weight excluding hydrogens is 352 g/mol. The number of carbonyl (C=O) groups is 3. The number of imidazole rings is 1. The molecule has 1 fully saturated rings. The lowest BCUT2D eigenvalue weighted by Gasteiger charge is -2.32. The predicted octanol–water partition coefficient (Wildman–Crippen LogP) is 1.58. The van der Waals surface area contributed by atoms with Crippen molar-refractivity contribution in [3.8, 4) is 0 Å². The van der Waals surface area contributed by atoms with Gasteiger partial charge in [-0.25, -0.2) is 4.98 Å². The number of primary amides is 1. The van der Waals surface area contributed by atoms with E-state index < -0.39 is 5.91 Å². The van der Waals surface area contributed by atoms with Crippen LogP contribution in [0.5, 0.6) is 0 Å². The number of piperidine rings is 1. The highest BCUT2D eigenvalue weighted by atomic mass is 32.1. The first-order valence-corrected chi connectivity index (χ1v) is 9.47. The fraction of sp³-hybridized carbons (Fsp3) is 0.444. The van der Waals surface area contributed by atoms with Gasteiger partial charge in [-0.1, -0.05) is 0 Å². The quantitative estimate of drug-likeness (QED) is 0.776. The van der Waals surface area contributed by atoms with Crippen LogP contribution in [-0.2, 0) is 22.6 Å². The van der Waals surface area contributed by atoms with E-state index in [2.05, 4.69) is 4.98 Å². The van der Waals surface area contributed by atoms with Gasteiger partial charge in [0.2, 0.25) is 11.8 Å². The van der Waals surface area contributed by atoms with E-state index in [1.807, 2.05) is 10.3 Å². The molecule has 7 nitrogen and oxygen atoms in total. The number of amides is 2. The predicted molar refractivity (Wildman–Crippen MR) is 98.0 cm³/mol. The van der Waals surface area contributed by atoms with Gasteiger partial charge in [0, 0.05) is 31.4 Å². The molecule has 2 N–H and O–H groups in total. The van der Waals surface area contributed by atoms with Crippen LogP contribution in [0, 0.1) is 0 Å². The van der Waals surface area contributed by atoms with Crippen molar-refractivity contribution in [2.24, 2.45) is 5.73 Å². The van der Waals surface area contributed by atoms with E-state index >= 15 is 0 Å². The molecular formula is C18H22N4O3S. The molecule has 3 heterocycles. The first-order chi connectivity index (χ1) is 12.4. The Bertz CT molecular complexity index is 826. The van der Waals surface area contributed by atoms with Gasteiger partial charge < -0.3 is 15.2 Å². The third kappa shape index (κ3) is 4.19. The molecule has 1 unspecified atom stereocenters. The smallest absolute Gasteiger partial charge is 0.237 e. The second-order valence-corrected chi connectivity index (χ2v) is 7.52. The zero-order chi connectivity index (χ0) is 18.7. The van der Waals surface area contributed by atoms with Gasteiger partial charge in [-0.05, 0) is 36.8 Å². The van der Waals surface area contributed by atoms with Crippen LogP contribution in [0.25, 0.3) is 0 Å². The number of nitrogens with two attached hydrogens (primary N) is 1. The fourth-order valence-electron chi connectivity index (χ4n) is 3.34. The Labute approximate surface area is 155 Å². The number of hydrogen-bond acceptors (Lipinski definition) is 5. The summed E-state index contributed by atoms with van der Waals surface area (Å²) in [5.74, 6) is 0.559. The van der Waals surface area contributed by atoms with E-state index in [0.717, 1.165) is 30.8 Å². The van der Waals surface area contributed by atoms with Gasteiger partial charge in [0.25, 0.3) is 0 Å². The van der Waals surface area contributed by atoms with Gasteiger partial charge in [-0.15, -0.1) is 11.3 Å². The van der Waals surface area contributed by atoms with Crippen LogP contribution in [0.3, 0.4) is 0 Å². The maximum absolute atomic E-state index is 12.7. The maximum Gasteiger partial charge on any atom is 0.237 e. The van der Waals surface area contributed by atoms with Crippen LogP contribution >= 0.6 is 11.3 Å². The van der Waals surface area contributed by atoms with Crippen molar-refractivity contribution in [3.63, 3.8) is 0 Å². The molecule has 1 atom stereocenters. The van der Waals surface area contributed by atoms with Gasteiger partial charge in [-0.2, -0.15) is 0 Å². The zero-order valence-corrected chi connectivity index (χ0v) is 15.5. The molecule has 2 amide bonds. The third-order valence-corrected chi connectivity index (χ3v) is 5.65. The highest BCUT2D eigenvalue weighted by Gasteiger charge is 2.27. The first kappa shape index (κ1) is 18.3. The summed E-state index contributed by atoms with van der Waals surface area (Å²) in [6.07, 6.45) is 5.52. The van der Waals surface area contributed by atoms with Gasteiger partial charge in [-0.3, -0.25) is 14.4 Å². The molecule has 0 aromatic carbocycles. The monoisotopic (exact) mass is 374 g/mol. The van der Waals surface area contributed by atoms with Crippen molar-refractivity contribution >= 4 is 28.9 Å². The minimum absolute atomic E-state index is 0.0213. The maximum atomic E-state index is 12.7. The SMILES string of the molecule is CC(=O)c1cc(CC(=O)N2CCCC(c3nccn3CC(N)=O)C2)cs1. The number of thiophene rings is 1. The lowest BCUT2D eigenvalue weighted by atomic mass is 9.96. The molecule has 138 valence electrons. The molecule has 0 radical (unpaired) electrons. The molecule has 2 aromatic rings. The van der Waals surface area contributed by atoms with E-state index in [4.69, 9.17) is 5.73 Å². The standard InChI is InChI=1S/C18H22N4O3S/c1-12(23)15-7-13(11-26-15)8-17(25)21-5-2-3-14(9-21)18-20-4-6-22(18)10-16(19)24/h4,6-7,11,14H,2-3,5,8-10H2,1H3,(H2,19,24). The van der Waals surface area contributed by atoms with Gasteiger partial charge in [0.15, 0.2) is 5.78 Å². The third-order valence-electron chi connectivity index (χ3n) is 4.57. The van der Waals surface area contributed by atoms with Crippen LogP contribution in [-0.4, -0.2) is 45.1 Å². The lowest BCUT2D eigenvalue weighted by molar-refractivity contribution is -0.131. The van der Waals surface area contributed by atoms with E-state index in [0.29, 0.717) is 17.8 Å². The second-order valence-electron chi connectivity index (χ2n) is 6.61. The lowest BCUT2D eigenvalue weighted by Crippen LogP contribution is -2.40. The topological polar surface area (TPSA) is 98.3 Å². The van der Waals surface area contributed by atoms with Crippen molar-refractivity contribution in [3.05, 3.63) is 40.1 Å². The van der Waals surface area contributed by atoms with Crippen LogP contribution in [0.4, 0.5) is 0 Å². The van der Waals surface area contributed by atoms with Crippen LogP contribution in [0.1, 0.15) is 46.7 Å². The highest BCUT2D eigenvalue weighted by Crippen LogP contribution is 2.26. The number of Topliss-reactive ketones (excluding diaryl/α,β-unsaturated/α-hetero) is 1. The molecule has 1 aliphatic rings. The first-order valence-electron chi connectivity index (χ1n) is 8.59. The molecule has 2 aromatic heterocycles. The largest absolute Gasteiger partial charge is 0.368 e. The van der Waals surface area contributed by atoms with E-state index in [1.165, 1.54) is 18.3 Å². The van der Waals surface area contributed by atoms with Gasteiger partial charge in [0.05, 0.1) is 11.3 Å². The molecule has 3 rings (SSSR count). The van der Waals surface area contributed by atoms with Crippen molar-refractivity contribution in [1.29, 1.82) is 0 Å². The molecule has 0 bridgehead atoms. The fourth-order valence-corrected chi connectivity index (χ4v) is 4.15. The van der Waals surface area contributed by atoms with E-state index in [-0.39, 0.29) is 24.2 Å². The normalized spacial score (nSPS) is 17.3. The summed E-state index contributed by atoms with van der Waals surface area (Å²) in [5, 5.41) is 1.87. The summed E-state index contributed by atoms with van der Waals surface area (Å²) in [6, 6.07) is 1.80. The summed E-state index contributed by atoms with van der Waals surface area (Å²) in [4.78, 5) is 42.2. The van der Waals surface area contributed by atoms with Gasteiger partial charge >= 0.3 is 0 Å². The Morgan fingerprint density at radius 1 is 1.38 bits per heavy atom. The molecule has 0 aliphatic carbocycles. The molecule has 1 saturated heterocycles. The Morgan fingerprint density at radius 3 is 2.88 bits per heavy atom. The van der Waals surface area contributed by atoms with E-state index in [9.17, 15) is 14.4 Å².